The summed E-state index contributed by atoms with van der Waals surface area (Å²) < 4.78 is 44.1. The van der Waals surface area contributed by atoms with Gasteiger partial charge in [0.15, 0.2) is 0 Å². The zero-order chi connectivity index (χ0) is 22.7. The third-order valence-electron chi connectivity index (χ3n) is 5.05. The maximum atomic E-state index is 13.0. The average molecular weight is 436 g/mol. The van der Waals surface area contributed by atoms with Crippen molar-refractivity contribution in [3.05, 3.63) is 95.6 Å². The maximum absolute atomic E-state index is 13.0. The first-order chi connectivity index (χ1) is 15.3. The predicted molar refractivity (Wildman–Crippen MR) is 116 cm³/mol. The van der Waals surface area contributed by atoms with Gasteiger partial charge in [0.25, 0.3) is 5.91 Å². The van der Waals surface area contributed by atoms with E-state index in [9.17, 15) is 18.0 Å². The monoisotopic (exact) mass is 436 g/mol. The summed E-state index contributed by atoms with van der Waals surface area (Å²) in [5.74, 6) is 0.310. The van der Waals surface area contributed by atoms with Gasteiger partial charge in [-0.05, 0) is 54.1 Å². The first-order valence-electron chi connectivity index (χ1n) is 9.84. The number of halogens is 3. The fraction of sp³-hybridized carbons (Fsp3) is 0.120. The molecule has 0 saturated carbocycles. The highest BCUT2D eigenvalue weighted by Crippen LogP contribution is 2.30. The molecule has 1 heterocycles. The number of nitrogens with one attached hydrogen (secondary N) is 1. The molecule has 0 radical (unpaired) electrons. The van der Waals surface area contributed by atoms with Gasteiger partial charge in [-0.25, -0.2) is 4.98 Å². The van der Waals surface area contributed by atoms with Crippen molar-refractivity contribution in [3.63, 3.8) is 0 Å². The highest BCUT2D eigenvalue weighted by Gasteiger charge is 2.30. The number of amides is 1. The third kappa shape index (κ3) is 4.56. The standard InChI is InChI=1S/C25H19F3N2O2/c1-32-19-11-9-17(10-12-19)23-14-21(20-7-2-3-8-22(20)30-23)24(31)29-15-16-5-4-6-18(13-16)25(26,27)28/h2-14H,15H2,1H3,(H,29,31). The fourth-order valence-electron chi connectivity index (χ4n) is 3.41. The number of carbonyl (C=O) groups excluding carboxylic acids is 1. The van der Waals surface area contributed by atoms with E-state index in [-0.39, 0.29) is 6.54 Å². The number of benzene rings is 3. The number of ether oxygens (including phenoxy) is 1. The molecule has 0 fully saturated rings. The largest absolute Gasteiger partial charge is 0.497 e. The second-order valence-electron chi connectivity index (χ2n) is 7.18. The van der Waals surface area contributed by atoms with E-state index >= 15 is 0 Å². The number of alkyl halides is 3. The summed E-state index contributed by atoms with van der Waals surface area (Å²) in [5, 5.41) is 3.39. The molecule has 4 aromatic rings. The lowest BCUT2D eigenvalue weighted by molar-refractivity contribution is -0.137. The SMILES string of the molecule is COc1ccc(-c2cc(C(=O)NCc3cccc(C(F)(F)F)c3)c3ccccc3n2)cc1. The second-order valence-corrected chi connectivity index (χ2v) is 7.18. The molecule has 0 spiro atoms. The van der Waals surface area contributed by atoms with E-state index in [1.807, 2.05) is 24.3 Å². The van der Waals surface area contributed by atoms with Crippen LogP contribution < -0.4 is 10.1 Å². The van der Waals surface area contributed by atoms with Gasteiger partial charge in [-0.2, -0.15) is 13.2 Å². The summed E-state index contributed by atoms with van der Waals surface area (Å²) in [6.45, 7) is -0.0305. The van der Waals surface area contributed by atoms with Crippen molar-refractivity contribution in [2.75, 3.05) is 7.11 Å². The van der Waals surface area contributed by atoms with Crippen LogP contribution >= 0.6 is 0 Å². The highest BCUT2D eigenvalue weighted by atomic mass is 19.4. The van der Waals surface area contributed by atoms with Gasteiger partial charge in [0.2, 0.25) is 0 Å². The van der Waals surface area contributed by atoms with Gasteiger partial charge in [0, 0.05) is 17.5 Å². The number of para-hydroxylation sites is 1. The van der Waals surface area contributed by atoms with E-state index in [1.165, 1.54) is 6.07 Å². The van der Waals surface area contributed by atoms with Crippen molar-refractivity contribution < 1.29 is 22.7 Å². The van der Waals surface area contributed by atoms with E-state index in [0.29, 0.717) is 33.5 Å². The predicted octanol–water partition coefficient (Wildman–Crippen LogP) is 5.86. The first-order valence-corrected chi connectivity index (χ1v) is 9.84. The molecule has 3 aromatic carbocycles. The molecule has 0 saturated heterocycles. The molecule has 0 unspecified atom stereocenters. The van der Waals surface area contributed by atoms with E-state index in [4.69, 9.17) is 4.74 Å². The minimum atomic E-state index is -4.44. The number of hydrogen-bond donors (Lipinski definition) is 1. The third-order valence-corrected chi connectivity index (χ3v) is 5.05. The lowest BCUT2D eigenvalue weighted by Crippen LogP contribution is -2.23. The molecular weight excluding hydrogens is 417 g/mol. The number of carbonyl (C=O) groups is 1. The molecular formula is C25H19F3N2O2. The van der Waals surface area contributed by atoms with Crippen molar-refractivity contribution in [1.29, 1.82) is 0 Å². The van der Waals surface area contributed by atoms with Gasteiger partial charge < -0.3 is 10.1 Å². The van der Waals surface area contributed by atoms with Gasteiger partial charge in [0.05, 0.1) is 29.4 Å². The Bertz CT molecular complexity index is 1270. The smallest absolute Gasteiger partial charge is 0.416 e. The van der Waals surface area contributed by atoms with Gasteiger partial charge >= 0.3 is 6.18 Å². The molecule has 32 heavy (non-hydrogen) atoms. The van der Waals surface area contributed by atoms with Crippen LogP contribution in [0.15, 0.2) is 78.9 Å². The van der Waals surface area contributed by atoms with E-state index in [2.05, 4.69) is 10.3 Å². The number of pyridine rings is 1. The Morgan fingerprint density at radius 2 is 1.72 bits per heavy atom. The first kappa shape index (κ1) is 21.4. The fourth-order valence-corrected chi connectivity index (χ4v) is 3.41. The Labute approximate surface area is 182 Å². The number of fused-ring (bicyclic) bond motifs is 1. The summed E-state index contributed by atoms with van der Waals surface area (Å²) in [6, 6.07) is 21.1. The van der Waals surface area contributed by atoms with Crippen LogP contribution in [0.3, 0.4) is 0 Å². The van der Waals surface area contributed by atoms with Gasteiger partial charge in [-0.15, -0.1) is 0 Å². The number of nitrogens with zero attached hydrogens (tertiary/aromatic N) is 1. The van der Waals surface area contributed by atoms with E-state index in [0.717, 1.165) is 17.7 Å². The summed E-state index contributed by atoms with van der Waals surface area (Å²) in [4.78, 5) is 17.7. The van der Waals surface area contributed by atoms with Crippen molar-refractivity contribution in [2.45, 2.75) is 12.7 Å². The van der Waals surface area contributed by atoms with Crippen LogP contribution in [0.1, 0.15) is 21.5 Å². The normalized spacial score (nSPS) is 11.4. The Balaban J connectivity index is 1.64. The molecule has 4 nitrogen and oxygen atoms in total. The molecule has 0 aliphatic carbocycles. The molecule has 1 amide bonds. The lowest BCUT2D eigenvalue weighted by atomic mass is 10.0. The molecule has 4 rings (SSSR count). The summed E-state index contributed by atoms with van der Waals surface area (Å²) in [6.07, 6.45) is -4.44. The zero-order valence-electron chi connectivity index (χ0n) is 17.1. The topological polar surface area (TPSA) is 51.2 Å². The summed E-state index contributed by atoms with van der Waals surface area (Å²) in [5.41, 5.74) is 2.07. The van der Waals surface area contributed by atoms with Crippen LogP contribution in [0.4, 0.5) is 13.2 Å². The van der Waals surface area contributed by atoms with Crippen LogP contribution in [0, 0.1) is 0 Å². The van der Waals surface area contributed by atoms with Crippen molar-refractivity contribution in [2.24, 2.45) is 0 Å². The Kier molecular flexibility index (Phi) is 5.81. The van der Waals surface area contributed by atoms with Gasteiger partial charge in [-0.1, -0.05) is 30.3 Å². The van der Waals surface area contributed by atoms with E-state index in [1.54, 1.807) is 43.5 Å². The van der Waals surface area contributed by atoms with Crippen molar-refractivity contribution in [3.8, 4) is 17.0 Å². The molecule has 0 bridgehead atoms. The number of rotatable bonds is 5. The molecule has 1 aromatic heterocycles. The van der Waals surface area contributed by atoms with Crippen LogP contribution in [0.25, 0.3) is 22.2 Å². The quantitative estimate of drug-likeness (QED) is 0.426. The van der Waals surface area contributed by atoms with Crippen LogP contribution in [-0.2, 0) is 12.7 Å². The molecule has 0 aliphatic rings. The van der Waals surface area contributed by atoms with Crippen LogP contribution in [-0.4, -0.2) is 18.0 Å². The average Bonchev–Trinajstić information content (AvgIpc) is 2.81. The lowest BCUT2D eigenvalue weighted by Gasteiger charge is -2.12. The zero-order valence-corrected chi connectivity index (χ0v) is 17.1. The van der Waals surface area contributed by atoms with Crippen LogP contribution in [0.5, 0.6) is 5.75 Å². The number of methoxy groups -OCH3 is 1. The Hall–Kier alpha value is -3.87. The number of aromatic nitrogens is 1. The van der Waals surface area contributed by atoms with E-state index < -0.39 is 17.6 Å². The molecule has 1 N–H and O–H groups in total. The minimum absolute atomic E-state index is 0.0305. The Morgan fingerprint density at radius 1 is 0.969 bits per heavy atom. The summed E-state index contributed by atoms with van der Waals surface area (Å²) >= 11 is 0. The van der Waals surface area contributed by atoms with Gasteiger partial charge in [0.1, 0.15) is 5.75 Å². The minimum Gasteiger partial charge on any atom is -0.497 e. The molecule has 0 aliphatic heterocycles. The van der Waals surface area contributed by atoms with Crippen molar-refractivity contribution >= 4 is 16.8 Å². The van der Waals surface area contributed by atoms with Gasteiger partial charge in [-0.3, -0.25) is 4.79 Å². The molecule has 0 atom stereocenters. The number of hydrogen-bond acceptors (Lipinski definition) is 3. The Morgan fingerprint density at radius 3 is 2.44 bits per heavy atom. The molecule has 7 heteroatoms. The van der Waals surface area contributed by atoms with Crippen LogP contribution in [0.2, 0.25) is 0 Å². The second kappa shape index (κ2) is 8.70. The highest BCUT2D eigenvalue weighted by molar-refractivity contribution is 6.07. The maximum Gasteiger partial charge on any atom is 0.416 e. The van der Waals surface area contributed by atoms with Crippen molar-refractivity contribution in [1.82, 2.24) is 10.3 Å². The summed E-state index contributed by atoms with van der Waals surface area (Å²) in [7, 11) is 1.58. The molecule has 162 valence electrons.